The molecule has 11 nitrogen and oxygen atoms in total. The molecule has 3 rings (SSSR count). The summed E-state index contributed by atoms with van der Waals surface area (Å²) in [5, 5.41) is 6.19. The van der Waals surface area contributed by atoms with Crippen LogP contribution in [0.25, 0.3) is 0 Å². The van der Waals surface area contributed by atoms with Crippen LogP contribution < -0.4 is 10.1 Å². The summed E-state index contributed by atoms with van der Waals surface area (Å²) in [6.07, 6.45) is 0. The second kappa shape index (κ2) is 9.45. The van der Waals surface area contributed by atoms with Crippen LogP contribution in [0.1, 0.15) is 16.1 Å². The number of carbonyl (C=O) groups excluding carboxylic acids is 2. The third kappa shape index (κ3) is 5.21. The second-order valence-corrected chi connectivity index (χ2v) is 8.82. The van der Waals surface area contributed by atoms with Gasteiger partial charge in [-0.15, -0.1) is 0 Å². The van der Waals surface area contributed by atoms with Crippen molar-refractivity contribution in [1.82, 2.24) is 14.4 Å². The van der Waals surface area contributed by atoms with E-state index in [-0.39, 0.29) is 41.7 Å². The number of sulfonamides is 1. The van der Waals surface area contributed by atoms with Crippen LogP contribution in [0.3, 0.4) is 0 Å². The lowest BCUT2D eigenvalue weighted by Gasteiger charge is -2.27. The maximum Gasteiger partial charge on any atom is 0.254 e. The molecule has 1 aliphatic heterocycles. The summed E-state index contributed by atoms with van der Waals surface area (Å²) in [6, 6.07) is 5.69. The van der Waals surface area contributed by atoms with Crippen molar-refractivity contribution in [2.75, 3.05) is 52.3 Å². The molecule has 168 valence electrons. The van der Waals surface area contributed by atoms with Crippen LogP contribution in [-0.2, 0) is 19.6 Å². The summed E-state index contributed by atoms with van der Waals surface area (Å²) in [6.45, 7) is 2.44. The number of likely N-dealkylation sites (N-methyl/N-ethyl adjacent to an activating group) is 1. The number of hydrogen-bond acceptors (Lipinski definition) is 8. The Morgan fingerprint density at radius 2 is 1.97 bits per heavy atom. The number of ether oxygens (including phenoxy) is 2. The van der Waals surface area contributed by atoms with E-state index in [2.05, 4.69) is 10.5 Å². The first-order valence-corrected chi connectivity index (χ1v) is 10.9. The number of amides is 2. The zero-order valence-corrected chi connectivity index (χ0v) is 18.3. The van der Waals surface area contributed by atoms with Gasteiger partial charge in [-0.25, -0.2) is 8.42 Å². The quantitative estimate of drug-likeness (QED) is 0.650. The largest absolute Gasteiger partial charge is 0.495 e. The van der Waals surface area contributed by atoms with Gasteiger partial charge in [0, 0.05) is 31.8 Å². The maximum absolute atomic E-state index is 13.1. The highest BCUT2D eigenvalue weighted by Gasteiger charge is 2.30. The van der Waals surface area contributed by atoms with E-state index in [4.69, 9.17) is 14.0 Å². The van der Waals surface area contributed by atoms with E-state index < -0.39 is 21.8 Å². The highest BCUT2D eigenvalue weighted by molar-refractivity contribution is 7.89. The molecule has 0 atom stereocenters. The Bertz CT molecular complexity index is 1060. The van der Waals surface area contributed by atoms with E-state index in [1.54, 1.807) is 13.0 Å². The fraction of sp³-hybridized carbons (Fsp3) is 0.421. The van der Waals surface area contributed by atoms with Crippen LogP contribution >= 0.6 is 0 Å². The number of methoxy groups -OCH3 is 1. The first-order valence-electron chi connectivity index (χ1n) is 9.47. The van der Waals surface area contributed by atoms with Gasteiger partial charge in [0.2, 0.25) is 15.9 Å². The molecule has 2 heterocycles. The molecule has 0 aliphatic carbocycles. The number of aromatic nitrogens is 1. The molecule has 1 aromatic heterocycles. The lowest BCUT2D eigenvalue weighted by atomic mass is 10.2. The Morgan fingerprint density at radius 3 is 2.58 bits per heavy atom. The van der Waals surface area contributed by atoms with E-state index in [0.717, 1.165) is 0 Å². The molecule has 0 radical (unpaired) electrons. The van der Waals surface area contributed by atoms with Crippen LogP contribution in [-0.4, -0.2) is 81.6 Å². The van der Waals surface area contributed by atoms with Gasteiger partial charge >= 0.3 is 0 Å². The maximum atomic E-state index is 13.1. The number of carbonyl (C=O) groups is 2. The highest BCUT2D eigenvalue weighted by Crippen LogP contribution is 2.28. The molecule has 1 aliphatic rings. The van der Waals surface area contributed by atoms with E-state index >= 15 is 0 Å². The van der Waals surface area contributed by atoms with Crippen LogP contribution in [0.15, 0.2) is 33.7 Å². The minimum atomic E-state index is -3.89. The molecule has 12 heteroatoms. The number of benzene rings is 1. The normalized spacial score (nSPS) is 14.8. The zero-order chi connectivity index (χ0) is 22.6. The van der Waals surface area contributed by atoms with Gasteiger partial charge in [-0.1, -0.05) is 5.16 Å². The summed E-state index contributed by atoms with van der Waals surface area (Å²) in [7, 11) is -1.09. The molecular weight excluding hydrogens is 428 g/mol. The Labute approximate surface area is 179 Å². The predicted molar refractivity (Wildman–Crippen MR) is 109 cm³/mol. The van der Waals surface area contributed by atoms with Crippen LogP contribution in [0.5, 0.6) is 5.75 Å². The smallest absolute Gasteiger partial charge is 0.254 e. The number of anilines is 1. The van der Waals surface area contributed by atoms with Gasteiger partial charge in [-0.2, -0.15) is 4.31 Å². The number of hydrogen-bond donors (Lipinski definition) is 1. The van der Waals surface area contributed by atoms with Gasteiger partial charge in [-0.3, -0.25) is 9.59 Å². The van der Waals surface area contributed by atoms with E-state index in [1.165, 1.54) is 41.6 Å². The fourth-order valence-corrected chi connectivity index (χ4v) is 4.64. The third-order valence-electron chi connectivity index (χ3n) is 4.62. The molecule has 0 bridgehead atoms. The standard InChI is InChI=1S/C19H24N4O7S/c1-13-10-17(21-30-13)20-18(24)12-22(2)19(25)14-4-5-15(28-3)16(11-14)31(26,27)23-6-8-29-9-7-23/h4-5,10-11H,6-9,12H2,1-3H3,(H,20,21,24). The topological polar surface area (TPSA) is 131 Å². The van der Waals surface area contributed by atoms with Gasteiger partial charge in [0.25, 0.3) is 5.91 Å². The summed E-state index contributed by atoms with van der Waals surface area (Å²) in [4.78, 5) is 26.1. The predicted octanol–water partition coefficient (Wildman–Crippen LogP) is 0.723. The van der Waals surface area contributed by atoms with Gasteiger partial charge in [0.15, 0.2) is 5.82 Å². The first-order chi connectivity index (χ1) is 14.7. The number of rotatable bonds is 7. The molecule has 2 aromatic rings. The molecular formula is C19H24N4O7S. The first kappa shape index (κ1) is 22.7. The molecule has 0 unspecified atom stereocenters. The van der Waals surface area contributed by atoms with Crippen molar-refractivity contribution >= 4 is 27.7 Å². The Kier molecular flexibility index (Phi) is 6.93. The Morgan fingerprint density at radius 1 is 1.26 bits per heavy atom. The fourth-order valence-electron chi connectivity index (χ4n) is 3.05. The van der Waals surface area contributed by atoms with Gasteiger partial charge < -0.3 is 24.2 Å². The minimum Gasteiger partial charge on any atom is -0.495 e. The van der Waals surface area contributed by atoms with Crippen molar-refractivity contribution in [2.24, 2.45) is 0 Å². The van der Waals surface area contributed by atoms with Crippen LogP contribution in [0.2, 0.25) is 0 Å². The molecule has 2 amide bonds. The summed E-state index contributed by atoms with van der Waals surface area (Å²) >= 11 is 0. The molecule has 0 spiro atoms. The van der Waals surface area contributed by atoms with Gasteiger partial charge in [0.05, 0.1) is 26.9 Å². The van der Waals surface area contributed by atoms with E-state index in [0.29, 0.717) is 19.0 Å². The summed E-state index contributed by atoms with van der Waals surface area (Å²) < 4.78 is 42.8. The van der Waals surface area contributed by atoms with Crippen molar-refractivity contribution in [3.8, 4) is 5.75 Å². The van der Waals surface area contributed by atoms with Crippen molar-refractivity contribution < 1.29 is 32.0 Å². The number of nitrogens with one attached hydrogen (secondary N) is 1. The average Bonchev–Trinajstić information content (AvgIpc) is 3.17. The van der Waals surface area contributed by atoms with Gasteiger partial charge in [-0.05, 0) is 25.1 Å². The second-order valence-electron chi connectivity index (χ2n) is 6.91. The van der Waals surface area contributed by atoms with Crippen LogP contribution in [0.4, 0.5) is 5.82 Å². The van der Waals surface area contributed by atoms with E-state index in [9.17, 15) is 18.0 Å². The molecule has 1 saturated heterocycles. The monoisotopic (exact) mass is 452 g/mol. The minimum absolute atomic E-state index is 0.111. The number of morpholine rings is 1. The molecule has 1 aromatic carbocycles. The molecule has 1 N–H and O–H groups in total. The molecule has 31 heavy (non-hydrogen) atoms. The Balaban J connectivity index is 1.77. The van der Waals surface area contributed by atoms with E-state index in [1.807, 2.05) is 0 Å². The van der Waals surface area contributed by atoms with Crippen LogP contribution in [0, 0.1) is 6.92 Å². The van der Waals surface area contributed by atoms with Crippen molar-refractivity contribution in [3.63, 3.8) is 0 Å². The average molecular weight is 452 g/mol. The Hall–Kier alpha value is -2.96. The SMILES string of the molecule is COc1ccc(C(=O)N(C)CC(=O)Nc2cc(C)on2)cc1S(=O)(=O)N1CCOCC1. The van der Waals surface area contributed by atoms with Gasteiger partial charge in [0.1, 0.15) is 16.4 Å². The van der Waals surface area contributed by atoms with Crippen molar-refractivity contribution in [3.05, 3.63) is 35.6 Å². The lowest BCUT2D eigenvalue weighted by Crippen LogP contribution is -2.40. The third-order valence-corrected chi connectivity index (χ3v) is 6.54. The zero-order valence-electron chi connectivity index (χ0n) is 17.5. The summed E-state index contributed by atoms with van der Waals surface area (Å²) in [5.74, 6) is -0.0881. The number of nitrogens with zero attached hydrogens (tertiary/aromatic N) is 3. The highest BCUT2D eigenvalue weighted by atomic mass is 32.2. The molecule has 0 saturated carbocycles. The lowest BCUT2D eigenvalue weighted by molar-refractivity contribution is -0.116. The summed E-state index contributed by atoms with van der Waals surface area (Å²) in [5.41, 5.74) is 0.111. The van der Waals surface area contributed by atoms with Crippen molar-refractivity contribution in [2.45, 2.75) is 11.8 Å². The number of aryl methyl sites for hydroxylation is 1. The van der Waals surface area contributed by atoms with Crippen molar-refractivity contribution in [1.29, 1.82) is 0 Å². The molecule has 1 fully saturated rings.